The Morgan fingerprint density at radius 2 is 2.04 bits per heavy atom. The maximum Gasteiger partial charge on any atom is 0.366 e. The van der Waals surface area contributed by atoms with Gasteiger partial charge in [-0.1, -0.05) is 31.2 Å². The van der Waals surface area contributed by atoms with Crippen LogP contribution in [0.1, 0.15) is 66.2 Å². The Bertz CT molecular complexity index is 1370. The average Bonchev–Trinajstić information content (AvgIpc) is 3.58. The minimum absolute atomic E-state index is 0.0407. The molecule has 3 aliphatic rings. The number of ether oxygens (including phenoxy) is 5. The summed E-state index contributed by atoms with van der Waals surface area (Å²) >= 11 is 1.29. The smallest absolute Gasteiger partial charge is 0.366 e. The highest BCUT2D eigenvalue weighted by Crippen LogP contribution is 2.38. The van der Waals surface area contributed by atoms with E-state index in [2.05, 4.69) is 22.0 Å². The Hall–Kier alpha value is -3.08. The van der Waals surface area contributed by atoms with Crippen molar-refractivity contribution in [2.45, 2.75) is 102 Å². The predicted octanol–water partition coefficient (Wildman–Crippen LogP) is 2.63. The summed E-state index contributed by atoms with van der Waals surface area (Å²) in [6.45, 7) is 13.7. The zero-order valence-corrected chi connectivity index (χ0v) is 27.1. The number of aliphatic imine (C=N–C) groups is 1. The van der Waals surface area contributed by atoms with E-state index in [-0.39, 0.29) is 24.9 Å². The molecule has 0 aliphatic carbocycles. The van der Waals surface area contributed by atoms with Crippen molar-refractivity contribution in [1.29, 1.82) is 0 Å². The number of carbonyl (C=O) groups is 2. The maximum atomic E-state index is 13.2. The lowest BCUT2D eigenvalue weighted by Crippen LogP contribution is -2.56. The second-order valence-electron chi connectivity index (χ2n) is 11.7. The van der Waals surface area contributed by atoms with Gasteiger partial charge in [0.1, 0.15) is 53.2 Å². The van der Waals surface area contributed by atoms with E-state index in [0.717, 1.165) is 0 Å². The van der Waals surface area contributed by atoms with Crippen molar-refractivity contribution in [2.24, 2.45) is 10.1 Å². The molecule has 2 saturated heterocycles. The summed E-state index contributed by atoms with van der Waals surface area (Å²) in [4.78, 5) is 48.0. The van der Waals surface area contributed by atoms with Gasteiger partial charge >= 0.3 is 11.6 Å². The molecular weight excluding hydrogens is 610 g/mol. The number of hydrogen-bond acceptors (Lipinski definition) is 14. The highest BCUT2D eigenvalue weighted by atomic mass is 32.2. The summed E-state index contributed by atoms with van der Waals surface area (Å²) < 4.78 is 34.1. The molecule has 1 aromatic heterocycles. The van der Waals surface area contributed by atoms with Crippen molar-refractivity contribution in [2.75, 3.05) is 19.0 Å². The zero-order chi connectivity index (χ0) is 32.9. The van der Waals surface area contributed by atoms with Gasteiger partial charge in [0, 0.05) is 11.8 Å². The third-order valence-electron chi connectivity index (χ3n) is 6.84. The minimum Gasteiger partial charge on any atom is -0.489 e. The van der Waals surface area contributed by atoms with Crippen LogP contribution in [0.2, 0.25) is 0 Å². The van der Waals surface area contributed by atoms with Crippen LogP contribution < -0.4 is 15.7 Å². The lowest BCUT2D eigenvalue weighted by atomic mass is 10.00. The number of rotatable bonds is 13. The Kier molecular flexibility index (Phi) is 11.3. The van der Waals surface area contributed by atoms with E-state index in [4.69, 9.17) is 32.9 Å². The molecule has 14 nitrogen and oxygen atoms in total. The number of hydrogen-bond donors (Lipinski definition) is 2. The summed E-state index contributed by atoms with van der Waals surface area (Å²) in [6.07, 6.45) is -0.583. The fourth-order valence-corrected chi connectivity index (χ4v) is 6.03. The van der Waals surface area contributed by atoms with Crippen molar-refractivity contribution >= 4 is 34.4 Å². The Labute approximate surface area is 265 Å². The molecule has 1 unspecified atom stereocenters. The number of oxime groups is 1. The van der Waals surface area contributed by atoms with Gasteiger partial charge in [0.15, 0.2) is 17.7 Å². The van der Waals surface area contributed by atoms with Crippen LogP contribution in [-0.2, 0) is 33.4 Å². The van der Waals surface area contributed by atoms with Gasteiger partial charge in [-0.3, -0.25) is 9.79 Å². The third-order valence-corrected chi connectivity index (χ3v) is 8.00. The van der Waals surface area contributed by atoms with Gasteiger partial charge in [0.05, 0.1) is 18.7 Å². The number of amides is 1. The molecule has 15 heteroatoms. The summed E-state index contributed by atoms with van der Waals surface area (Å²) in [5, 5.41) is 17.4. The molecule has 0 aromatic carbocycles. The minimum atomic E-state index is -1.45. The topological polar surface area (TPSA) is 177 Å². The zero-order valence-electron chi connectivity index (χ0n) is 26.3. The highest BCUT2D eigenvalue weighted by molar-refractivity contribution is 8.16. The fraction of sp³-hybridized carbons (Fsp3) is 0.633. The van der Waals surface area contributed by atoms with Crippen molar-refractivity contribution < 1.29 is 47.6 Å². The van der Waals surface area contributed by atoms with Gasteiger partial charge < -0.3 is 43.4 Å². The van der Waals surface area contributed by atoms with Crippen LogP contribution in [0.5, 0.6) is 5.75 Å². The summed E-state index contributed by atoms with van der Waals surface area (Å²) in [7, 11) is 0. The molecule has 248 valence electrons. The average molecular weight is 652 g/mol. The number of fused-ring (bicyclic) bond motifs is 1. The SMILES string of the molecule is C=CCOc1cc([C@@H](CCC)NC(=O)C2CSC(/C(C)=N/OC(=O)[C@H]3OC[C@H](OC(C)(C)O)[C@H]4OC(C)(C)O[C@H]43)=N2)oc(=O)c1. The number of nitrogens with one attached hydrogen (secondary N) is 1. The Balaban J connectivity index is 1.39. The predicted molar refractivity (Wildman–Crippen MR) is 164 cm³/mol. The second-order valence-corrected chi connectivity index (χ2v) is 12.7. The third kappa shape index (κ3) is 9.24. The first-order valence-corrected chi connectivity index (χ1v) is 15.7. The summed E-state index contributed by atoms with van der Waals surface area (Å²) in [6, 6.07) is 1.51. The molecule has 0 radical (unpaired) electrons. The Morgan fingerprint density at radius 3 is 2.73 bits per heavy atom. The van der Waals surface area contributed by atoms with Crippen LogP contribution >= 0.6 is 11.8 Å². The van der Waals surface area contributed by atoms with Crippen molar-refractivity contribution in [3.8, 4) is 5.75 Å². The van der Waals surface area contributed by atoms with Gasteiger partial charge in [-0.15, -0.1) is 11.8 Å². The largest absolute Gasteiger partial charge is 0.489 e. The van der Waals surface area contributed by atoms with E-state index in [9.17, 15) is 19.5 Å². The highest BCUT2D eigenvalue weighted by Gasteiger charge is 2.56. The van der Waals surface area contributed by atoms with E-state index < -0.39 is 59.7 Å². The molecule has 2 fully saturated rings. The lowest BCUT2D eigenvalue weighted by molar-refractivity contribution is -0.260. The number of aliphatic hydroxyl groups is 1. The number of thioether (sulfide) groups is 1. The van der Waals surface area contributed by atoms with Gasteiger partial charge in [-0.05, 0) is 41.0 Å². The van der Waals surface area contributed by atoms with E-state index in [1.807, 2.05) is 6.92 Å². The van der Waals surface area contributed by atoms with Crippen LogP contribution in [0, 0.1) is 0 Å². The van der Waals surface area contributed by atoms with Gasteiger partial charge in [0.25, 0.3) is 0 Å². The molecule has 3 aliphatic heterocycles. The monoisotopic (exact) mass is 651 g/mol. The molecule has 1 aromatic rings. The molecule has 2 N–H and O–H groups in total. The van der Waals surface area contributed by atoms with Crippen molar-refractivity contribution in [1.82, 2.24) is 5.32 Å². The van der Waals surface area contributed by atoms with E-state index in [1.54, 1.807) is 32.9 Å². The van der Waals surface area contributed by atoms with E-state index in [1.165, 1.54) is 31.7 Å². The molecule has 6 atom stereocenters. The van der Waals surface area contributed by atoms with Gasteiger partial charge in [-0.25, -0.2) is 9.59 Å². The first-order valence-electron chi connectivity index (χ1n) is 14.7. The van der Waals surface area contributed by atoms with Crippen LogP contribution in [0.25, 0.3) is 0 Å². The number of nitrogens with zero attached hydrogens (tertiary/aromatic N) is 2. The van der Waals surface area contributed by atoms with E-state index >= 15 is 0 Å². The van der Waals surface area contributed by atoms with Crippen LogP contribution in [0.3, 0.4) is 0 Å². The van der Waals surface area contributed by atoms with Crippen molar-refractivity contribution in [3.05, 3.63) is 41.0 Å². The molecule has 0 saturated carbocycles. The quantitative estimate of drug-likeness (QED) is 0.105. The molecule has 4 heterocycles. The first kappa shape index (κ1) is 34.8. The van der Waals surface area contributed by atoms with Crippen LogP contribution in [0.4, 0.5) is 0 Å². The maximum absolute atomic E-state index is 13.2. The molecule has 0 bridgehead atoms. The van der Waals surface area contributed by atoms with Crippen LogP contribution in [0.15, 0.2) is 44.1 Å². The summed E-state index contributed by atoms with van der Waals surface area (Å²) in [5.41, 5.74) is -0.293. The standard InChI is InChI=1S/C30H41N3O11S/c1-8-10-18(20-12-17(38-11-9-2)13-22(34)40-20)31-26(35)19-15-45-27(32-19)16(3)33-44-28(36)25-24-23(42-30(6,7)43-24)21(14-39-25)41-29(4,5)37/h9,12-13,18-19,21,23-25,37H,2,8,10-11,14-15H2,1,3-7H3,(H,31,35)/b33-16+/t18-,19?,21+,23-,24-,25+/m1/s1. The van der Waals surface area contributed by atoms with Gasteiger partial charge in [-0.2, -0.15) is 0 Å². The van der Waals surface area contributed by atoms with Gasteiger partial charge in [0.2, 0.25) is 5.91 Å². The molecular formula is C30H41N3O11S. The fourth-order valence-electron chi connectivity index (χ4n) is 5.04. The van der Waals surface area contributed by atoms with Crippen molar-refractivity contribution in [3.63, 3.8) is 0 Å². The molecule has 1 amide bonds. The normalized spacial score (nSPS) is 26.9. The van der Waals surface area contributed by atoms with E-state index in [0.29, 0.717) is 35.1 Å². The number of carbonyl (C=O) groups excluding carboxylic acids is 2. The molecule has 0 spiro atoms. The molecule has 4 rings (SSSR count). The van der Waals surface area contributed by atoms with Crippen LogP contribution in [-0.4, -0.2) is 88.7 Å². The second kappa shape index (κ2) is 14.6. The lowest BCUT2D eigenvalue weighted by Gasteiger charge is -2.37. The molecule has 45 heavy (non-hydrogen) atoms. The Morgan fingerprint density at radius 1 is 1.31 bits per heavy atom. The summed E-state index contributed by atoms with van der Waals surface area (Å²) in [5.74, 6) is -2.68. The first-order chi connectivity index (χ1) is 21.2.